The summed E-state index contributed by atoms with van der Waals surface area (Å²) in [5, 5.41) is 13.4. The summed E-state index contributed by atoms with van der Waals surface area (Å²) < 4.78 is 15.2. The van der Waals surface area contributed by atoms with E-state index in [2.05, 4.69) is 5.32 Å². The molecule has 1 saturated carbocycles. The van der Waals surface area contributed by atoms with Crippen molar-refractivity contribution in [2.24, 2.45) is 0 Å². The molecule has 138 valence electrons. The first-order valence-corrected chi connectivity index (χ1v) is 8.22. The molecule has 1 atom stereocenters. The maximum atomic E-state index is 11.6. The van der Waals surface area contributed by atoms with Gasteiger partial charge in [-0.1, -0.05) is 0 Å². The molecule has 0 aliphatic heterocycles. The van der Waals surface area contributed by atoms with Crippen molar-refractivity contribution in [1.29, 1.82) is 0 Å². The molecule has 0 aromatic heterocycles. The van der Waals surface area contributed by atoms with Crippen LogP contribution in [0, 0.1) is 10.1 Å². The van der Waals surface area contributed by atoms with Gasteiger partial charge in [0.15, 0.2) is 0 Å². The van der Waals surface area contributed by atoms with Crippen LogP contribution in [0.4, 0.5) is 10.5 Å². The summed E-state index contributed by atoms with van der Waals surface area (Å²) in [6.45, 7) is -0.0326. The van der Waals surface area contributed by atoms with Crippen LogP contribution in [-0.4, -0.2) is 42.3 Å². The van der Waals surface area contributed by atoms with Crippen LogP contribution in [0.15, 0.2) is 35.9 Å². The number of hydrogen-bond donors (Lipinski definition) is 1. The van der Waals surface area contributed by atoms with E-state index in [-0.39, 0.29) is 42.7 Å². The van der Waals surface area contributed by atoms with Gasteiger partial charge in [-0.15, -0.1) is 0 Å². The van der Waals surface area contributed by atoms with Crippen LogP contribution < -0.4 is 10.1 Å². The molecule has 26 heavy (non-hydrogen) atoms. The molecule has 3 rings (SSSR count). The lowest BCUT2D eigenvalue weighted by atomic mass is 9.93. The minimum Gasteiger partial charge on any atom is -0.429 e. The molecule has 1 amide bonds. The number of non-ortho nitro benzene ring substituents is 1. The number of nitrogens with one attached hydrogen (secondary N) is 1. The Morgan fingerprint density at radius 3 is 2.58 bits per heavy atom. The second-order valence-corrected chi connectivity index (χ2v) is 6.06. The summed E-state index contributed by atoms with van der Waals surface area (Å²) in [7, 11) is 0. The highest BCUT2D eigenvalue weighted by Gasteiger charge is 2.28. The van der Waals surface area contributed by atoms with Crippen LogP contribution in [-0.2, 0) is 14.3 Å². The van der Waals surface area contributed by atoms with Crippen molar-refractivity contribution < 1.29 is 28.7 Å². The van der Waals surface area contributed by atoms with E-state index in [1.807, 2.05) is 0 Å². The monoisotopic (exact) mass is 362 g/mol. The van der Waals surface area contributed by atoms with Gasteiger partial charge < -0.3 is 19.5 Å². The Morgan fingerprint density at radius 2 is 1.96 bits per heavy atom. The molecular weight excluding hydrogens is 344 g/mol. The van der Waals surface area contributed by atoms with Gasteiger partial charge in [-0.25, -0.2) is 4.79 Å². The van der Waals surface area contributed by atoms with Gasteiger partial charge in [-0.2, -0.15) is 0 Å². The highest BCUT2D eigenvalue weighted by molar-refractivity contribution is 5.77. The highest BCUT2D eigenvalue weighted by atomic mass is 16.7. The van der Waals surface area contributed by atoms with E-state index < -0.39 is 11.1 Å². The predicted octanol–water partition coefficient (Wildman–Crippen LogP) is 2.10. The van der Waals surface area contributed by atoms with Gasteiger partial charge in [0.25, 0.3) is 5.69 Å². The molecule has 2 aliphatic carbocycles. The number of benzene rings is 1. The summed E-state index contributed by atoms with van der Waals surface area (Å²) in [5.74, 6) is -0.00121. The van der Waals surface area contributed by atoms with Gasteiger partial charge in [0, 0.05) is 18.2 Å². The summed E-state index contributed by atoms with van der Waals surface area (Å²) >= 11 is 0. The number of hydrogen-bond acceptors (Lipinski definition) is 7. The largest absolute Gasteiger partial charge is 0.514 e. The van der Waals surface area contributed by atoms with Crippen LogP contribution in [0.3, 0.4) is 0 Å². The van der Waals surface area contributed by atoms with Crippen molar-refractivity contribution in [3.63, 3.8) is 0 Å². The van der Waals surface area contributed by atoms with Crippen molar-refractivity contribution in [1.82, 2.24) is 5.32 Å². The van der Waals surface area contributed by atoms with Gasteiger partial charge in [-0.05, 0) is 43.0 Å². The molecule has 0 heterocycles. The molecule has 1 fully saturated rings. The van der Waals surface area contributed by atoms with Crippen molar-refractivity contribution in [3.05, 3.63) is 46.0 Å². The highest BCUT2D eigenvalue weighted by Crippen LogP contribution is 2.25. The maximum Gasteiger partial charge on any atom is 0.514 e. The minimum absolute atomic E-state index is 0.000720. The number of amides is 1. The molecule has 0 bridgehead atoms. The van der Waals surface area contributed by atoms with E-state index in [0.717, 1.165) is 24.8 Å². The topological polar surface area (TPSA) is 117 Å². The molecule has 9 nitrogen and oxygen atoms in total. The number of nitrogens with zero attached hydrogens (tertiary/aromatic N) is 1. The molecule has 1 aromatic carbocycles. The van der Waals surface area contributed by atoms with Crippen molar-refractivity contribution in [2.45, 2.75) is 31.4 Å². The number of rotatable bonds is 8. The Labute approximate surface area is 149 Å². The van der Waals surface area contributed by atoms with Crippen molar-refractivity contribution >= 4 is 17.7 Å². The van der Waals surface area contributed by atoms with Gasteiger partial charge >= 0.3 is 6.16 Å². The van der Waals surface area contributed by atoms with Crippen molar-refractivity contribution in [3.8, 4) is 5.75 Å². The SMILES string of the molecule is O=C(COC1C=C1COC(=O)Oc1ccc([N+](=O)[O-])cc1)NC1CCC1. The average Bonchev–Trinajstić information content (AvgIpc) is 3.33. The first-order valence-electron chi connectivity index (χ1n) is 8.22. The Balaban J connectivity index is 1.29. The van der Waals surface area contributed by atoms with E-state index in [9.17, 15) is 19.7 Å². The molecule has 1 aromatic rings. The number of carbonyl (C=O) groups excluding carboxylic acids is 2. The fraction of sp³-hybridized carbons (Fsp3) is 0.412. The van der Waals surface area contributed by atoms with Crippen LogP contribution in [0.1, 0.15) is 19.3 Å². The van der Waals surface area contributed by atoms with E-state index in [1.54, 1.807) is 6.08 Å². The average molecular weight is 362 g/mol. The van der Waals surface area contributed by atoms with Crippen molar-refractivity contribution in [2.75, 3.05) is 13.2 Å². The molecule has 9 heteroatoms. The second-order valence-electron chi connectivity index (χ2n) is 6.06. The van der Waals surface area contributed by atoms with Gasteiger partial charge in [-0.3, -0.25) is 14.9 Å². The van der Waals surface area contributed by atoms with E-state index in [0.29, 0.717) is 0 Å². The summed E-state index contributed by atoms with van der Waals surface area (Å²) in [5.41, 5.74) is 0.650. The fourth-order valence-electron chi connectivity index (χ4n) is 2.32. The van der Waals surface area contributed by atoms with Crippen LogP contribution in [0.25, 0.3) is 0 Å². The normalized spacial score (nSPS) is 18.3. The number of carbonyl (C=O) groups is 2. The summed E-state index contributed by atoms with van der Waals surface area (Å²) in [4.78, 5) is 33.2. The van der Waals surface area contributed by atoms with Crippen LogP contribution in [0.2, 0.25) is 0 Å². The van der Waals surface area contributed by atoms with Gasteiger partial charge in [0.1, 0.15) is 25.1 Å². The standard InChI is InChI=1S/C17H18N2O7/c20-16(18-12-2-1-3-12)10-24-15-8-11(15)9-25-17(21)26-14-6-4-13(5-7-14)19(22)23/h4-8,12,15H,1-3,9-10H2,(H,18,20). The third-order valence-electron chi connectivity index (χ3n) is 4.09. The third kappa shape index (κ3) is 5.03. The summed E-state index contributed by atoms with van der Waals surface area (Å²) in [6.07, 6.45) is 3.71. The molecule has 0 saturated heterocycles. The lowest BCUT2D eigenvalue weighted by molar-refractivity contribution is -0.384. The lowest BCUT2D eigenvalue weighted by Gasteiger charge is -2.26. The Kier molecular flexibility index (Phi) is 5.47. The maximum absolute atomic E-state index is 11.6. The van der Waals surface area contributed by atoms with E-state index >= 15 is 0 Å². The Morgan fingerprint density at radius 1 is 1.23 bits per heavy atom. The molecule has 1 N–H and O–H groups in total. The van der Waals surface area contributed by atoms with Crippen LogP contribution >= 0.6 is 0 Å². The first-order chi connectivity index (χ1) is 12.5. The van der Waals surface area contributed by atoms with E-state index in [1.165, 1.54) is 24.3 Å². The lowest BCUT2D eigenvalue weighted by Crippen LogP contribution is -2.41. The zero-order valence-corrected chi connectivity index (χ0v) is 13.9. The smallest absolute Gasteiger partial charge is 0.429 e. The molecular formula is C17H18N2O7. The molecule has 2 aliphatic rings. The summed E-state index contributed by atoms with van der Waals surface area (Å²) in [6, 6.07) is 5.34. The Bertz CT molecular complexity index is 725. The van der Waals surface area contributed by atoms with Gasteiger partial charge in [0.2, 0.25) is 5.91 Å². The van der Waals surface area contributed by atoms with Gasteiger partial charge in [0.05, 0.1) is 4.92 Å². The fourth-order valence-corrected chi connectivity index (χ4v) is 2.32. The van der Waals surface area contributed by atoms with E-state index in [4.69, 9.17) is 14.2 Å². The molecule has 0 radical (unpaired) electrons. The quantitative estimate of drug-likeness (QED) is 0.247. The molecule has 0 spiro atoms. The number of nitro groups is 1. The minimum atomic E-state index is -0.923. The number of nitro benzene ring substituents is 1. The first kappa shape index (κ1) is 17.9. The van der Waals surface area contributed by atoms with Crippen LogP contribution in [0.5, 0.6) is 5.75 Å². The molecule has 1 unspecified atom stereocenters. The Hall–Kier alpha value is -2.94. The second kappa shape index (κ2) is 7.96. The third-order valence-corrected chi connectivity index (χ3v) is 4.09. The number of ether oxygens (including phenoxy) is 3. The predicted molar refractivity (Wildman–Crippen MR) is 88.7 cm³/mol. The zero-order chi connectivity index (χ0) is 18.5. The zero-order valence-electron chi connectivity index (χ0n) is 13.9.